The maximum Gasteiger partial charge on any atom is 0.311 e. The molecule has 8 heteroatoms. The fourth-order valence-electron chi connectivity index (χ4n) is 2.50. The van der Waals surface area contributed by atoms with Gasteiger partial charge in [0.15, 0.2) is 0 Å². The van der Waals surface area contributed by atoms with Gasteiger partial charge in [0.25, 0.3) is 5.95 Å². The molecule has 2 aromatic heterocycles. The maximum absolute atomic E-state index is 12.4. The first-order chi connectivity index (χ1) is 10.9. The first-order valence-corrected chi connectivity index (χ1v) is 7.75. The van der Waals surface area contributed by atoms with E-state index in [2.05, 4.69) is 4.98 Å². The fourth-order valence-corrected chi connectivity index (χ4v) is 2.50. The molecule has 0 aromatic carbocycles. The zero-order chi connectivity index (χ0) is 17.1. The third-order valence-electron chi connectivity index (χ3n) is 4.08. The minimum atomic E-state index is -0.183. The van der Waals surface area contributed by atoms with Gasteiger partial charge in [-0.2, -0.15) is 0 Å². The molecular weight excluding hydrogens is 298 g/mol. The Labute approximate surface area is 134 Å². The normalized spacial score (nSPS) is 11.1. The van der Waals surface area contributed by atoms with Gasteiger partial charge in [-0.1, -0.05) is 11.9 Å². The highest BCUT2D eigenvalue weighted by Crippen LogP contribution is 2.09. The van der Waals surface area contributed by atoms with E-state index in [1.165, 1.54) is 4.57 Å². The molecule has 0 unspecified atom stereocenters. The fraction of sp³-hybridized carbons (Fsp3) is 0.600. The average Bonchev–Trinajstić information content (AvgIpc) is 2.76. The summed E-state index contributed by atoms with van der Waals surface area (Å²) in [7, 11) is 3.45. The molecule has 2 N–H and O–H groups in total. The zero-order valence-corrected chi connectivity index (χ0v) is 14.1. The van der Waals surface area contributed by atoms with Crippen LogP contribution in [0.3, 0.4) is 0 Å². The first-order valence-electron chi connectivity index (χ1n) is 7.75. The minimum absolute atomic E-state index is 0.159. The number of carbonyl (C=O) groups excluding carboxylic acids is 1. The lowest BCUT2D eigenvalue weighted by Gasteiger charge is -2.03. The Morgan fingerprint density at radius 1 is 1.30 bits per heavy atom. The van der Waals surface area contributed by atoms with Gasteiger partial charge in [-0.25, -0.2) is 4.57 Å². The van der Waals surface area contributed by atoms with Crippen LogP contribution in [0.4, 0.5) is 5.95 Å². The molecule has 8 nitrogen and oxygen atoms in total. The van der Waals surface area contributed by atoms with Gasteiger partial charge in [0.2, 0.25) is 11.3 Å². The topological polar surface area (TPSA) is 96.0 Å². The molecule has 0 aliphatic rings. The molecule has 0 aliphatic carbocycles. The van der Waals surface area contributed by atoms with Crippen molar-refractivity contribution < 1.29 is 14.1 Å². The van der Waals surface area contributed by atoms with E-state index in [9.17, 15) is 9.59 Å². The molecular formula is C15H24N5O3+. The van der Waals surface area contributed by atoms with Gasteiger partial charge in [0, 0.05) is 20.4 Å². The van der Waals surface area contributed by atoms with Gasteiger partial charge < -0.3 is 10.5 Å². The zero-order valence-electron chi connectivity index (χ0n) is 14.1. The number of fused-ring (bicyclic) bond motifs is 1. The van der Waals surface area contributed by atoms with Crippen molar-refractivity contribution in [3.63, 3.8) is 0 Å². The molecule has 0 saturated carbocycles. The molecule has 0 amide bonds. The monoisotopic (exact) mass is 322 g/mol. The van der Waals surface area contributed by atoms with Crippen molar-refractivity contribution in [2.75, 3.05) is 12.3 Å². The second kappa shape index (κ2) is 6.80. The number of nitrogen functional groups attached to an aromatic ring is 1. The lowest BCUT2D eigenvalue weighted by molar-refractivity contribution is -0.680. The Morgan fingerprint density at radius 3 is 2.65 bits per heavy atom. The van der Waals surface area contributed by atoms with Crippen LogP contribution >= 0.6 is 0 Å². The summed E-state index contributed by atoms with van der Waals surface area (Å²) in [6.45, 7) is 4.81. The van der Waals surface area contributed by atoms with Crippen molar-refractivity contribution >= 4 is 23.1 Å². The molecule has 126 valence electrons. The molecule has 0 saturated heterocycles. The van der Waals surface area contributed by atoms with Gasteiger partial charge in [-0.05, 0) is 12.8 Å². The van der Waals surface area contributed by atoms with Crippen molar-refractivity contribution in [3.8, 4) is 0 Å². The summed E-state index contributed by atoms with van der Waals surface area (Å²) in [5.74, 6) is 0.941. The van der Waals surface area contributed by atoms with Crippen LogP contribution < -0.4 is 15.9 Å². The Balaban J connectivity index is 2.20. The quantitative estimate of drug-likeness (QED) is 0.465. The largest absolute Gasteiger partial charge is 0.466 e. The van der Waals surface area contributed by atoms with Gasteiger partial charge >= 0.3 is 17.2 Å². The van der Waals surface area contributed by atoms with Crippen LogP contribution in [0.1, 0.15) is 32.0 Å². The molecule has 2 heterocycles. The minimum Gasteiger partial charge on any atom is -0.466 e. The van der Waals surface area contributed by atoms with Gasteiger partial charge in [-0.15, -0.1) is 0 Å². The number of anilines is 1. The maximum atomic E-state index is 12.4. The number of aromatic nitrogens is 4. The highest BCUT2D eigenvalue weighted by Gasteiger charge is 2.24. The number of nitrogens with zero attached hydrogens (tertiary/aromatic N) is 4. The summed E-state index contributed by atoms with van der Waals surface area (Å²) in [5.41, 5.74) is 6.79. The number of esters is 1. The summed E-state index contributed by atoms with van der Waals surface area (Å²) in [5, 5.41) is 0. The van der Waals surface area contributed by atoms with E-state index in [1.54, 1.807) is 14.0 Å². The molecule has 0 radical (unpaired) electrons. The van der Waals surface area contributed by atoms with Gasteiger partial charge in [0.05, 0.1) is 20.2 Å². The number of aryl methyl sites for hydroxylation is 2. The third kappa shape index (κ3) is 3.20. The molecule has 0 atom stereocenters. The van der Waals surface area contributed by atoms with Crippen LogP contribution in [0.15, 0.2) is 4.79 Å². The van der Waals surface area contributed by atoms with Gasteiger partial charge in [-0.3, -0.25) is 18.7 Å². The molecule has 0 bridgehead atoms. The lowest BCUT2D eigenvalue weighted by Crippen LogP contribution is -2.37. The SMILES string of the molecule is CCC(=O)OCCCC[n+]1c(C)n(C)c2c(=O)n(C)c(N)nc21. The number of ether oxygens (including phenoxy) is 1. The van der Waals surface area contributed by atoms with E-state index < -0.39 is 0 Å². The van der Waals surface area contributed by atoms with Crippen LogP contribution in [-0.4, -0.2) is 26.7 Å². The van der Waals surface area contributed by atoms with Gasteiger partial charge in [0.1, 0.15) is 0 Å². The third-order valence-corrected chi connectivity index (χ3v) is 4.08. The van der Waals surface area contributed by atoms with Crippen LogP contribution in [0.25, 0.3) is 11.2 Å². The molecule has 2 rings (SSSR count). The first kappa shape index (κ1) is 17.0. The molecule has 0 spiro atoms. The van der Waals surface area contributed by atoms with Crippen LogP contribution in [-0.2, 0) is 30.2 Å². The van der Waals surface area contributed by atoms with E-state index >= 15 is 0 Å². The van der Waals surface area contributed by atoms with E-state index in [4.69, 9.17) is 10.5 Å². The summed E-state index contributed by atoms with van der Waals surface area (Å²) in [6, 6.07) is 0. The number of unbranched alkanes of at least 4 members (excludes halogenated alkanes) is 1. The summed E-state index contributed by atoms with van der Waals surface area (Å²) >= 11 is 0. The molecule has 2 aromatic rings. The Kier molecular flexibility index (Phi) is 5.02. The lowest BCUT2D eigenvalue weighted by atomic mass is 10.3. The highest BCUT2D eigenvalue weighted by atomic mass is 16.5. The highest BCUT2D eigenvalue weighted by molar-refractivity contribution is 5.69. The van der Waals surface area contributed by atoms with Crippen molar-refractivity contribution in [2.24, 2.45) is 14.1 Å². The van der Waals surface area contributed by atoms with Crippen molar-refractivity contribution in [3.05, 3.63) is 16.2 Å². The van der Waals surface area contributed by atoms with Crippen LogP contribution in [0, 0.1) is 6.92 Å². The van der Waals surface area contributed by atoms with Crippen LogP contribution in [0.2, 0.25) is 0 Å². The van der Waals surface area contributed by atoms with E-state index in [0.29, 0.717) is 30.7 Å². The van der Waals surface area contributed by atoms with E-state index in [-0.39, 0.29) is 17.5 Å². The summed E-state index contributed by atoms with van der Waals surface area (Å²) in [4.78, 5) is 27.8. The number of hydrogen-bond donors (Lipinski definition) is 1. The number of rotatable bonds is 6. The Bertz CT molecular complexity index is 791. The van der Waals surface area contributed by atoms with Crippen LogP contribution in [0.5, 0.6) is 0 Å². The van der Waals surface area contributed by atoms with E-state index in [0.717, 1.165) is 18.7 Å². The predicted octanol–water partition coefficient (Wildman–Crippen LogP) is 0.184. The second-order valence-corrected chi connectivity index (χ2v) is 5.55. The second-order valence-electron chi connectivity index (χ2n) is 5.55. The predicted molar refractivity (Wildman–Crippen MR) is 85.8 cm³/mol. The van der Waals surface area contributed by atoms with Crippen molar-refractivity contribution in [1.29, 1.82) is 0 Å². The Morgan fingerprint density at radius 2 is 2.00 bits per heavy atom. The summed E-state index contributed by atoms with van der Waals surface area (Å²) in [6.07, 6.45) is 1.97. The summed E-state index contributed by atoms with van der Waals surface area (Å²) < 4.78 is 10.2. The smallest absolute Gasteiger partial charge is 0.311 e. The number of nitrogens with two attached hydrogens (primary N) is 1. The molecule has 0 aliphatic heterocycles. The Hall–Kier alpha value is -2.38. The standard InChI is InChI=1S/C15H23N5O3/c1-5-11(21)23-9-7-6-8-20-10(2)18(3)12-13(20)17-15(16)19(4)14(12)22/h5-9H2,1-4H3,(H-,16,17,22)/p+1. The number of imidazole rings is 1. The van der Waals surface area contributed by atoms with Crippen molar-refractivity contribution in [2.45, 2.75) is 39.7 Å². The average molecular weight is 322 g/mol. The molecule has 23 heavy (non-hydrogen) atoms. The number of carbonyl (C=O) groups is 1. The molecule has 0 fully saturated rings. The number of hydrogen-bond acceptors (Lipinski definition) is 5. The van der Waals surface area contributed by atoms with E-state index in [1.807, 2.05) is 23.1 Å². The van der Waals surface area contributed by atoms with Crippen molar-refractivity contribution in [1.82, 2.24) is 14.1 Å².